The molecule has 0 saturated carbocycles. The van der Waals surface area contributed by atoms with Gasteiger partial charge in [0.1, 0.15) is 0 Å². The van der Waals surface area contributed by atoms with E-state index < -0.39 is 0 Å². The lowest BCUT2D eigenvalue weighted by molar-refractivity contribution is 0.800. The van der Waals surface area contributed by atoms with Gasteiger partial charge in [0, 0.05) is 4.88 Å². The third-order valence-corrected chi connectivity index (χ3v) is 4.95. The molecule has 0 aromatic carbocycles. The molecule has 3 aromatic rings. The van der Waals surface area contributed by atoms with Crippen molar-refractivity contribution in [3.05, 3.63) is 44.2 Å². The van der Waals surface area contributed by atoms with E-state index in [-0.39, 0.29) is 0 Å². The summed E-state index contributed by atoms with van der Waals surface area (Å²) in [6.45, 7) is 2.91. The molecule has 0 radical (unpaired) electrons. The van der Waals surface area contributed by atoms with E-state index in [1.54, 1.807) is 22.7 Å². The zero-order valence-electron chi connectivity index (χ0n) is 9.71. The molecule has 18 heavy (non-hydrogen) atoms. The molecule has 3 heterocycles. The molecule has 0 amide bonds. The van der Waals surface area contributed by atoms with Crippen LogP contribution in [-0.4, -0.2) is 14.8 Å². The van der Waals surface area contributed by atoms with Crippen LogP contribution < -0.4 is 0 Å². The molecule has 0 unspecified atom stereocenters. The second-order valence-corrected chi connectivity index (χ2v) is 6.28. The standard InChI is InChI=1S/C12H11N3S3/c1-8-4-6-18-10(8)7-15-11(13-14-12(15)16)9-3-2-5-17-9/h2-6H,7H2,1H3,(H,14,16). The summed E-state index contributed by atoms with van der Waals surface area (Å²) in [6.07, 6.45) is 0. The average Bonchev–Trinajstić information content (AvgIpc) is 3.04. The molecule has 0 aliphatic carbocycles. The predicted octanol–water partition coefficient (Wildman–Crippen LogP) is 4.09. The van der Waals surface area contributed by atoms with Crippen molar-refractivity contribution >= 4 is 34.9 Å². The third kappa shape index (κ3) is 2.07. The molecule has 0 atom stereocenters. The van der Waals surface area contributed by atoms with Crippen LogP contribution in [0.25, 0.3) is 10.7 Å². The Hall–Kier alpha value is -1.24. The molecular formula is C12H11N3S3. The lowest BCUT2D eigenvalue weighted by atomic mass is 10.3. The van der Waals surface area contributed by atoms with Crippen molar-refractivity contribution in [3.8, 4) is 10.7 Å². The lowest BCUT2D eigenvalue weighted by Gasteiger charge is -2.04. The van der Waals surface area contributed by atoms with E-state index in [1.165, 1.54) is 10.4 Å². The fourth-order valence-corrected chi connectivity index (χ4v) is 3.58. The minimum atomic E-state index is 0.672. The van der Waals surface area contributed by atoms with Gasteiger partial charge in [-0.3, -0.25) is 9.67 Å². The second-order valence-electron chi connectivity index (χ2n) is 3.94. The largest absolute Gasteiger partial charge is 0.294 e. The van der Waals surface area contributed by atoms with Gasteiger partial charge >= 0.3 is 0 Å². The number of aromatic amines is 1. The molecule has 0 fully saturated rings. The zero-order valence-corrected chi connectivity index (χ0v) is 12.2. The topological polar surface area (TPSA) is 33.6 Å². The van der Waals surface area contributed by atoms with Crippen LogP contribution in [0, 0.1) is 11.7 Å². The molecule has 0 saturated heterocycles. The van der Waals surface area contributed by atoms with Crippen molar-refractivity contribution in [1.29, 1.82) is 0 Å². The number of thiophene rings is 2. The van der Waals surface area contributed by atoms with Gasteiger partial charge in [0.2, 0.25) is 0 Å². The Balaban J connectivity index is 2.05. The summed E-state index contributed by atoms with van der Waals surface area (Å²) in [7, 11) is 0. The van der Waals surface area contributed by atoms with E-state index in [1.807, 2.05) is 11.4 Å². The lowest BCUT2D eigenvalue weighted by Crippen LogP contribution is -2.01. The number of aryl methyl sites for hydroxylation is 1. The maximum atomic E-state index is 5.32. The van der Waals surface area contributed by atoms with Gasteiger partial charge in [0.25, 0.3) is 0 Å². The first kappa shape index (κ1) is 11.8. The molecule has 0 bridgehead atoms. The normalized spacial score (nSPS) is 10.9. The van der Waals surface area contributed by atoms with Crippen LogP contribution >= 0.6 is 34.9 Å². The quantitative estimate of drug-likeness (QED) is 0.738. The Kier molecular flexibility index (Phi) is 3.15. The Labute approximate surface area is 118 Å². The Bertz CT molecular complexity index is 703. The summed E-state index contributed by atoms with van der Waals surface area (Å²) < 4.78 is 2.73. The van der Waals surface area contributed by atoms with Crippen LogP contribution in [0.4, 0.5) is 0 Å². The maximum absolute atomic E-state index is 5.32. The molecular weight excluding hydrogens is 282 g/mol. The molecule has 0 aliphatic rings. The molecule has 1 N–H and O–H groups in total. The first-order valence-electron chi connectivity index (χ1n) is 5.48. The minimum absolute atomic E-state index is 0.672. The van der Waals surface area contributed by atoms with Crippen molar-refractivity contribution in [3.63, 3.8) is 0 Å². The van der Waals surface area contributed by atoms with Gasteiger partial charge in [-0.15, -0.1) is 22.7 Å². The van der Waals surface area contributed by atoms with E-state index in [0.29, 0.717) is 4.77 Å². The fourth-order valence-electron chi connectivity index (χ4n) is 1.77. The first-order valence-corrected chi connectivity index (χ1v) is 7.64. The summed E-state index contributed by atoms with van der Waals surface area (Å²) in [5.74, 6) is 0.919. The zero-order chi connectivity index (χ0) is 12.5. The molecule has 0 spiro atoms. The number of nitrogens with one attached hydrogen (secondary N) is 1. The number of nitrogens with zero attached hydrogens (tertiary/aromatic N) is 2. The smallest absolute Gasteiger partial charge is 0.195 e. The van der Waals surface area contributed by atoms with Crippen LogP contribution in [0.15, 0.2) is 29.0 Å². The van der Waals surface area contributed by atoms with Crippen LogP contribution in [-0.2, 0) is 6.54 Å². The van der Waals surface area contributed by atoms with Gasteiger partial charge in [0.05, 0.1) is 11.4 Å². The van der Waals surface area contributed by atoms with E-state index in [4.69, 9.17) is 12.2 Å². The maximum Gasteiger partial charge on any atom is 0.195 e. The molecule has 0 aliphatic heterocycles. The summed E-state index contributed by atoms with van der Waals surface area (Å²) in [4.78, 5) is 2.46. The highest BCUT2D eigenvalue weighted by atomic mass is 32.1. The van der Waals surface area contributed by atoms with E-state index in [0.717, 1.165) is 17.2 Å². The SMILES string of the molecule is Cc1ccsc1Cn1c(-c2cccs2)n[nH]c1=S. The monoisotopic (exact) mass is 293 g/mol. The van der Waals surface area contributed by atoms with Crippen molar-refractivity contribution in [1.82, 2.24) is 14.8 Å². The summed E-state index contributed by atoms with van der Waals surface area (Å²) in [6, 6.07) is 6.22. The van der Waals surface area contributed by atoms with Crippen LogP contribution in [0.3, 0.4) is 0 Å². The van der Waals surface area contributed by atoms with Gasteiger partial charge in [-0.05, 0) is 47.6 Å². The number of aromatic nitrogens is 3. The molecule has 3 nitrogen and oxygen atoms in total. The minimum Gasteiger partial charge on any atom is -0.294 e. The molecule has 3 aromatic heterocycles. The average molecular weight is 293 g/mol. The highest BCUT2D eigenvalue weighted by Gasteiger charge is 2.11. The van der Waals surface area contributed by atoms with Gasteiger partial charge in [-0.25, -0.2) is 0 Å². The molecule has 92 valence electrons. The Morgan fingerprint density at radius 2 is 2.22 bits per heavy atom. The van der Waals surface area contributed by atoms with E-state index in [9.17, 15) is 0 Å². The third-order valence-electron chi connectivity index (χ3n) is 2.77. The van der Waals surface area contributed by atoms with Crippen LogP contribution in [0.2, 0.25) is 0 Å². The second kappa shape index (κ2) is 4.79. The number of rotatable bonds is 3. The fraction of sp³-hybridized carbons (Fsp3) is 0.167. The molecule has 3 rings (SSSR count). The summed E-state index contributed by atoms with van der Waals surface area (Å²) in [5, 5.41) is 11.4. The summed E-state index contributed by atoms with van der Waals surface area (Å²) in [5.41, 5.74) is 1.31. The van der Waals surface area contributed by atoms with Crippen molar-refractivity contribution in [2.24, 2.45) is 0 Å². The van der Waals surface area contributed by atoms with Gasteiger partial charge in [-0.1, -0.05) is 6.07 Å². The van der Waals surface area contributed by atoms with Gasteiger partial charge in [0.15, 0.2) is 10.6 Å². The molecule has 6 heteroatoms. The number of hydrogen-bond donors (Lipinski definition) is 1. The highest BCUT2D eigenvalue weighted by Crippen LogP contribution is 2.25. The van der Waals surface area contributed by atoms with E-state index in [2.05, 4.69) is 39.2 Å². The Morgan fingerprint density at radius 3 is 2.89 bits per heavy atom. The van der Waals surface area contributed by atoms with Crippen LogP contribution in [0.5, 0.6) is 0 Å². The van der Waals surface area contributed by atoms with Crippen molar-refractivity contribution < 1.29 is 0 Å². The van der Waals surface area contributed by atoms with Crippen molar-refractivity contribution in [2.45, 2.75) is 13.5 Å². The number of hydrogen-bond acceptors (Lipinski definition) is 4. The van der Waals surface area contributed by atoms with Crippen molar-refractivity contribution in [2.75, 3.05) is 0 Å². The van der Waals surface area contributed by atoms with E-state index >= 15 is 0 Å². The van der Waals surface area contributed by atoms with Gasteiger partial charge < -0.3 is 0 Å². The number of H-pyrrole nitrogens is 1. The van der Waals surface area contributed by atoms with Crippen LogP contribution in [0.1, 0.15) is 10.4 Å². The highest BCUT2D eigenvalue weighted by molar-refractivity contribution is 7.71. The first-order chi connectivity index (χ1) is 8.75. The van der Waals surface area contributed by atoms with Gasteiger partial charge in [-0.2, -0.15) is 5.10 Å². The predicted molar refractivity (Wildman–Crippen MR) is 78.9 cm³/mol. The summed E-state index contributed by atoms with van der Waals surface area (Å²) >= 11 is 8.75. The Morgan fingerprint density at radius 1 is 1.33 bits per heavy atom.